The van der Waals surface area contributed by atoms with E-state index in [1.807, 2.05) is 30.3 Å². The lowest BCUT2D eigenvalue weighted by Gasteiger charge is -2.22. The van der Waals surface area contributed by atoms with Crippen LogP contribution in [0.3, 0.4) is 0 Å². The number of ether oxygens (including phenoxy) is 1. The SMILES string of the molecule is COC(=O)[C@H](CNCc1ccccc1)[C@@H](O)c1ccc(Cl)c(F)c1. The van der Waals surface area contributed by atoms with Crippen LogP contribution in [-0.4, -0.2) is 24.7 Å². The maximum Gasteiger partial charge on any atom is 0.312 e. The van der Waals surface area contributed by atoms with Gasteiger partial charge in [-0.25, -0.2) is 4.39 Å². The lowest BCUT2D eigenvalue weighted by molar-refractivity contribution is -0.149. The molecule has 0 aliphatic rings. The highest BCUT2D eigenvalue weighted by Crippen LogP contribution is 2.26. The Hall–Kier alpha value is -1.95. The molecular formula is C18H19ClFNO3. The average molecular weight is 352 g/mol. The predicted octanol–water partition coefficient (Wildman–Crippen LogP) is 3.09. The number of carbonyl (C=O) groups is 1. The summed E-state index contributed by atoms with van der Waals surface area (Å²) in [5, 5.41) is 13.5. The number of carbonyl (C=O) groups excluding carboxylic acids is 1. The molecule has 128 valence electrons. The fraction of sp³-hybridized carbons (Fsp3) is 0.278. The van der Waals surface area contributed by atoms with Gasteiger partial charge in [-0.15, -0.1) is 0 Å². The van der Waals surface area contributed by atoms with Crippen LogP contribution in [0.1, 0.15) is 17.2 Å². The topological polar surface area (TPSA) is 58.6 Å². The summed E-state index contributed by atoms with van der Waals surface area (Å²) in [6.45, 7) is 0.725. The molecule has 24 heavy (non-hydrogen) atoms. The number of methoxy groups -OCH3 is 1. The second kappa shape index (κ2) is 8.78. The fourth-order valence-electron chi connectivity index (χ4n) is 2.37. The highest BCUT2D eigenvalue weighted by molar-refractivity contribution is 6.30. The number of halogens is 2. The van der Waals surface area contributed by atoms with Gasteiger partial charge in [-0.2, -0.15) is 0 Å². The highest BCUT2D eigenvalue weighted by Gasteiger charge is 2.29. The Morgan fingerprint density at radius 2 is 2.00 bits per heavy atom. The van der Waals surface area contributed by atoms with Gasteiger partial charge in [0.25, 0.3) is 0 Å². The zero-order chi connectivity index (χ0) is 17.5. The predicted molar refractivity (Wildman–Crippen MR) is 90.0 cm³/mol. The van der Waals surface area contributed by atoms with Crippen molar-refractivity contribution >= 4 is 17.6 Å². The molecule has 0 aliphatic carbocycles. The fourth-order valence-corrected chi connectivity index (χ4v) is 2.49. The van der Waals surface area contributed by atoms with Crippen molar-refractivity contribution in [3.05, 3.63) is 70.5 Å². The van der Waals surface area contributed by atoms with E-state index in [9.17, 15) is 14.3 Å². The van der Waals surface area contributed by atoms with Gasteiger partial charge in [0.2, 0.25) is 0 Å². The molecule has 2 aromatic rings. The summed E-state index contributed by atoms with van der Waals surface area (Å²) in [6, 6.07) is 13.6. The van der Waals surface area contributed by atoms with Crippen molar-refractivity contribution in [1.82, 2.24) is 5.32 Å². The van der Waals surface area contributed by atoms with Crippen molar-refractivity contribution in [2.75, 3.05) is 13.7 Å². The molecule has 2 rings (SSSR count). The third-order valence-electron chi connectivity index (χ3n) is 3.71. The van der Waals surface area contributed by atoms with E-state index in [2.05, 4.69) is 5.32 Å². The van der Waals surface area contributed by atoms with Crippen LogP contribution in [-0.2, 0) is 16.1 Å². The van der Waals surface area contributed by atoms with E-state index in [4.69, 9.17) is 16.3 Å². The first-order valence-electron chi connectivity index (χ1n) is 7.48. The molecule has 0 spiro atoms. The average Bonchev–Trinajstić information content (AvgIpc) is 2.61. The summed E-state index contributed by atoms with van der Waals surface area (Å²) in [5.74, 6) is -2.08. The molecule has 2 aromatic carbocycles. The summed E-state index contributed by atoms with van der Waals surface area (Å²) in [4.78, 5) is 12.0. The molecule has 6 heteroatoms. The Labute approximate surface area is 145 Å². The van der Waals surface area contributed by atoms with Crippen molar-refractivity contribution in [2.45, 2.75) is 12.6 Å². The normalized spacial score (nSPS) is 13.3. The van der Waals surface area contributed by atoms with Crippen LogP contribution >= 0.6 is 11.6 Å². The molecule has 0 amide bonds. The molecule has 0 bridgehead atoms. The van der Waals surface area contributed by atoms with Crippen LogP contribution in [0.4, 0.5) is 4.39 Å². The minimum atomic E-state index is -1.20. The molecular weight excluding hydrogens is 333 g/mol. The Morgan fingerprint density at radius 3 is 2.62 bits per heavy atom. The Kier molecular flexibility index (Phi) is 6.73. The van der Waals surface area contributed by atoms with Gasteiger partial charge in [-0.1, -0.05) is 48.0 Å². The van der Waals surface area contributed by atoms with E-state index < -0.39 is 23.8 Å². The van der Waals surface area contributed by atoms with Crippen LogP contribution < -0.4 is 5.32 Å². The van der Waals surface area contributed by atoms with E-state index in [1.54, 1.807) is 0 Å². The first-order chi connectivity index (χ1) is 11.5. The monoisotopic (exact) mass is 351 g/mol. The van der Waals surface area contributed by atoms with E-state index in [1.165, 1.54) is 19.2 Å². The maximum absolute atomic E-state index is 13.6. The van der Waals surface area contributed by atoms with Gasteiger partial charge >= 0.3 is 5.97 Å². The number of hydrogen-bond acceptors (Lipinski definition) is 4. The largest absolute Gasteiger partial charge is 0.469 e. The lowest BCUT2D eigenvalue weighted by atomic mass is 9.95. The van der Waals surface area contributed by atoms with Gasteiger partial charge in [-0.05, 0) is 23.3 Å². The number of aliphatic hydroxyl groups is 1. The van der Waals surface area contributed by atoms with Crippen LogP contribution in [0, 0.1) is 11.7 Å². The number of rotatable bonds is 7. The van der Waals surface area contributed by atoms with Crippen molar-refractivity contribution in [3.63, 3.8) is 0 Å². The quantitative estimate of drug-likeness (QED) is 0.753. The van der Waals surface area contributed by atoms with Crippen molar-refractivity contribution in [2.24, 2.45) is 5.92 Å². The zero-order valence-electron chi connectivity index (χ0n) is 13.2. The van der Waals surface area contributed by atoms with Gasteiger partial charge in [0.05, 0.1) is 24.2 Å². The summed E-state index contributed by atoms with van der Waals surface area (Å²) in [5.41, 5.74) is 1.32. The van der Waals surface area contributed by atoms with Gasteiger partial charge in [-0.3, -0.25) is 4.79 Å². The van der Waals surface area contributed by atoms with E-state index in [0.29, 0.717) is 6.54 Å². The Balaban J connectivity index is 2.06. The molecule has 2 atom stereocenters. The van der Waals surface area contributed by atoms with Crippen LogP contribution in [0.2, 0.25) is 5.02 Å². The Bertz CT molecular complexity index is 681. The van der Waals surface area contributed by atoms with Gasteiger partial charge in [0, 0.05) is 13.1 Å². The molecule has 0 saturated carbocycles. The number of hydrogen-bond donors (Lipinski definition) is 2. The first kappa shape index (κ1) is 18.4. The first-order valence-corrected chi connectivity index (χ1v) is 7.86. The molecule has 0 saturated heterocycles. The molecule has 0 fully saturated rings. The Morgan fingerprint density at radius 1 is 1.29 bits per heavy atom. The van der Waals surface area contributed by atoms with Crippen LogP contribution in [0.25, 0.3) is 0 Å². The lowest BCUT2D eigenvalue weighted by Crippen LogP contribution is -2.33. The minimum absolute atomic E-state index is 0.0391. The van der Waals surface area contributed by atoms with E-state index in [0.717, 1.165) is 11.6 Å². The third kappa shape index (κ3) is 4.77. The smallest absolute Gasteiger partial charge is 0.312 e. The van der Waals surface area contributed by atoms with Gasteiger partial charge < -0.3 is 15.2 Å². The standard InChI is InChI=1S/C18H19ClFNO3/c1-24-18(23)14(11-21-10-12-5-3-2-4-6-12)17(22)13-7-8-15(19)16(20)9-13/h2-9,14,17,21-22H,10-11H2,1H3/t14-,17+/m1/s1. The summed E-state index contributed by atoms with van der Waals surface area (Å²) < 4.78 is 18.3. The number of benzene rings is 2. The molecule has 4 nitrogen and oxygen atoms in total. The van der Waals surface area contributed by atoms with E-state index >= 15 is 0 Å². The van der Waals surface area contributed by atoms with Crippen LogP contribution in [0.15, 0.2) is 48.5 Å². The molecule has 0 radical (unpaired) electrons. The van der Waals surface area contributed by atoms with Crippen molar-refractivity contribution < 1.29 is 19.0 Å². The minimum Gasteiger partial charge on any atom is -0.469 e. The van der Waals surface area contributed by atoms with Crippen molar-refractivity contribution in [1.29, 1.82) is 0 Å². The molecule has 0 aliphatic heterocycles. The third-order valence-corrected chi connectivity index (χ3v) is 4.01. The summed E-state index contributed by atoms with van der Waals surface area (Å²) in [7, 11) is 1.25. The second-order valence-corrected chi connectivity index (χ2v) is 5.77. The summed E-state index contributed by atoms with van der Waals surface area (Å²) in [6.07, 6.45) is -1.20. The van der Waals surface area contributed by atoms with Crippen LogP contribution in [0.5, 0.6) is 0 Å². The van der Waals surface area contributed by atoms with Crippen molar-refractivity contribution in [3.8, 4) is 0 Å². The number of nitrogens with one attached hydrogen (secondary N) is 1. The van der Waals surface area contributed by atoms with E-state index in [-0.39, 0.29) is 17.1 Å². The summed E-state index contributed by atoms with van der Waals surface area (Å²) >= 11 is 5.65. The second-order valence-electron chi connectivity index (χ2n) is 5.36. The number of aliphatic hydroxyl groups excluding tert-OH is 1. The number of esters is 1. The van der Waals surface area contributed by atoms with Gasteiger partial charge in [0.1, 0.15) is 5.82 Å². The van der Waals surface area contributed by atoms with Gasteiger partial charge in [0.15, 0.2) is 0 Å². The molecule has 0 aromatic heterocycles. The highest BCUT2D eigenvalue weighted by atomic mass is 35.5. The molecule has 0 unspecified atom stereocenters. The zero-order valence-corrected chi connectivity index (χ0v) is 14.0. The molecule has 0 heterocycles. The maximum atomic E-state index is 13.6. The molecule has 2 N–H and O–H groups in total.